The number of allylic oxidation sites excluding steroid dienone is 2. The van der Waals surface area contributed by atoms with Gasteiger partial charge in [0.05, 0.1) is 23.2 Å². The molecule has 4 aromatic carbocycles. The number of non-ortho nitro benzene ring substituents is 1. The van der Waals surface area contributed by atoms with E-state index in [1.807, 2.05) is 43.3 Å². The van der Waals surface area contributed by atoms with Crippen molar-refractivity contribution in [3.63, 3.8) is 0 Å². The first-order valence-electron chi connectivity index (χ1n) is 11.9. The molecule has 184 valence electrons. The van der Waals surface area contributed by atoms with E-state index in [-0.39, 0.29) is 5.69 Å². The van der Waals surface area contributed by atoms with E-state index in [1.54, 1.807) is 24.3 Å². The molecule has 0 spiro atoms. The van der Waals surface area contributed by atoms with Crippen LogP contribution in [0.4, 0.5) is 5.69 Å². The summed E-state index contributed by atoms with van der Waals surface area (Å²) in [7, 11) is 0. The summed E-state index contributed by atoms with van der Waals surface area (Å²) in [6.07, 6.45) is 4.02. The van der Waals surface area contributed by atoms with Crippen molar-refractivity contribution in [1.29, 1.82) is 5.26 Å². The molecule has 0 aliphatic heterocycles. The second-order valence-corrected chi connectivity index (χ2v) is 8.34. The summed E-state index contributed by atoms with van der Waals surface area (Å²) in [5.41, 5.74) is 3.35. The van der Waals surface area contributed by atoms with E-state index in [9.17, 15) is 15.4 Å². The Morgan fingerprint density at radius 2 is 1.81 bits per heavy atom. The third-order valence-electron chi connectivity index (χ3n) is 5.87. The predicted octanol–water partition coefficient (Wildman–Crippen LogP) is 7.52. The van der Waals surface area contributed by atoms with Gasteiger partial charge in [0.15, 0.2) is 11.5 Å². The van der Waals surface area contributed by atoms with Gasteiger partial charge in [-0.1, -0.05) is 60.7 Å². The summed E-state index contributed by atoms with van der Waals surface area (Å²) in [6, 6.07) is 26.3. The molecular weight excluding hydrogens is 464 g/mol. The molecule has 0 heterocycles. The molecule has 0 amide bonds. The number of rotatable bonds is 10. The number of hydrogen-bond donors (Lipinski definition) is 0. The standard InChI is InChI=1S/C31H26N2O4/c1-3-9-25-16-22(17-27(20-32)24-12-8-14-28(19-24)33(34)35)18-30(36-4-2)31(25)37-21-26-13-7-11-23-10-5-6-15-29(23)26/h3,5-8,10-19H,1,4,9,21H2,2H3/b27-17-. The highest BCUT2D eigenvalue weighted by Crippen LogP contribution is 2.36. The van der Waals surface area contributed by atoms with Crippen LogP contribution in [0.25, 0.3) is 22.4 Å². The van der Waals surface area contributed by atoms with Gasteiger partial charge in [-0.25, -0.2) is 0 Å². The molecule has 0 radical (unpaired) electrons. The van der Waals surface area contributed by atoms with E-state index in [0.717, 1.165) is 27.5 Å². The molecule has 6 heteroatoms. The van der Waals surface area contributed by atoms with Gasteiger partial charge >= 0.3 is 0 Å². The molecule has 4 rings (SSSR count). The third kappa shape index (κ3) is 5.85. The summed E-state index contributed by atoms with van der Waals surface area (Å²) in [5.74, 6) is 1.19. The van der Waals surface area contributed by atoms with Crippen LogP contribution in [0, 0.1) is 21.4 Å². The van der Waals surface area contributed by atoms with Crippen LogP contribution in [0.5, 0.6) is 11.5 Å². The van der Waals surface area contributed by atoms with Crippen LogP contribution in [-0.4, -0.2) is 11.5 Å². The second-order valence-electron chi connectivity index (χ2n) is 8.34. The molecular formula is C31H26N2O4. The molecule has 0 N–H and O–H groups in total. The molecule has 37 heavy (non-hydrogen) atoms. The summed E-state index contributed by atoms with van der Waals surface area (Å²) in [6.45, 7) is 6.57. The Hall–Kier alpha value is -4.89. The largest absolute Gasteiger partial charge is 0.490 e. The molecule has 0 unspecified atom stereocenters. The molecule has 0 bridgehead atoms. The number of nitro groups is 1. The smallest absolute Gasteiger partial charge is 0.270 e. The van der Waals surface area contributed by atoms with E-state index in [1.165, 1.54) is 12.1 Å². The van der Waals surface area contributed by atoms with Gasteiger partial charge in [-0.2, -0.15) is 5.26 Å². The lowest BCUT2D eigenvalue weighted by molar-refractivity contribution is -0.384. The molecule has 0 atom stereocenters. The monoisotopic (exact) mass is 490 g/mol. The Bertz CT molecular complexity index is 1530. The highest BCUT2D eigenvalue weighted by Gasteiger charge is 2.15. The maximum atomic E-state index is 11.2. The predicted molar refractivity (Wildman–Crippen MR) is 146 cm³/mol. The zero-order valence-electron chi connectivity index (χ0n) is 20.5. The minimum atomic E-state index is -0.476. The molecule has 0 aromatic heterocycles. The summed E-state index contributed by atoms with van der Waals surface area (Å²) in [4.78, 5) is 10.7. The van der Waals surface area contributed by atoms with Crippen molar-refractivity contribution in [3.8, 4) is 17.6 Å². The van der Waals surface area contributed by atoms with E-state index in [4.69, 9.17) is 9.47 Å². The molecule has 0 aliphatic rings. The summed E-state index contributed by atoms with van der Waals surface area (Å²) >= 11 is 0. The molecule has 6 nitrogen and oxygen atoms in total. The van der Waals surface area contributed by atoms with Crippen LogP contribution in [0.1, 0.15) is 29.2 Å². The minimum absolute atomic E-state index is 0.0711. The SMILES string of the molecule is C=CCc1cc(/C=C(/C#N)c2cccc([N+](=O)[O-])c2)cc(OCC)c1OCc1cccc2ccccc12. The number of nitrogens with zero attached hydrogens (tertiary/aromatic N) is 2. The molecule has 0 saturated carbocycles. The lowest BCUT2D eigenvalue weighted by Gasteiger charge is -2.17. The first-order chi connectivity index (χ1) is 18.0. The summed E-state index contributed by atoms with van der Waals surface area (Å²) in [5, 5.41) is 23.3. The average molecular weight is 491 g/mol. The van der Waals surface area contributed by atoms with E-state index < -0.39 is 4.92 Å². The van der Waals surface area contributed by atoms with Gasteiger partial charge in [0.2, 0.25) is 0 Å². The zero-order valence-corrected chi connectivity index (χ0v) is 20.5. The second kappa shape index (κ2) is 11.7. The van der Waals surface area contributed by atoms with E-state index in [0.29, 0.717) is 42.3 Å². The highest BCUT2D eigenvalue weighted by molar-refractivity contribution is 5.90. The highest BCUT2D eigenvalue weighted by atomic mass is 16.6. The van der Waals surface area contributed by atoms with Gasteiger partial charge in [-0.15, -0.1) is 6.58 Å². The van der Waals surface area contributed by atoms with Gasteiger partial charge in [0.1, 0.15) is 6.61 Å². The number of nitriles is 1. The van der Waals surface area contributed by atoms with Crippen molar-refractivity contribution in [2.75, 3.05) is 6.61 Å². The van der Waals surface area contributed by atoms with Crippen LogP contribution < -0.4 is 9.47 Å². The van der Waals surface area contributed by atoms with Crippen molar-refractivity contribution in [1.82, 2.24) is 0 Å². The Morgan fingerprint density at radius 3 is 2.57 bits per heavy atom. The topological polar surface area (TPSA) is 85.4 Å². The van der Waals surface area contributed by atoms with Gasteiger partial charge in [0, 0.05) is 17.7 Å². The lowest BCUT2D eigenvalue weighted by atomic mass is 10.00. The lowest BCUT2D eigenvalue weighted by Crippen LogP contribution is -2.04. The number of hydrogen-bond acceptors (Lipinski definition) is 5. The fourth-order valence-electron chi connectivity index (χ4n) is 4.20. The molecule has 0 aliphatic carbocycles. The van der Waals surface area contributed by atoms with Crippen LogP contribution >= 0.6 is 0 Å². The van der Waals surface area contributed by atoms with Crippen LogP contribution in [0.3, 0.4) is 0 Å². The Morgan fingerprint density at radius 1 is 1.03 bits per heavy atom. The van der Waals surface area contributed by atoms with Crippen molar-refractivity contribution >= 4 is 28.1 Å². The van der Waals surface area contributed by atoms with Crippen molar-refractivity contribution in [2.45, 2.75) is 20.0 Å². The van der Waals surface area contributed by atoms with Gasteiger partial charge in [0.25, 0.3) is 5.69 Å². The number of nitro benzene ring substituents is 1. The minimum Gasteiger partial charge on any atom is -0.490 e. The van der Waals surface area contributed by atoms with Gasteiger partial charge < -0.3 is 9.47 Å². The third-order valence-corrected chi connectivity index (χ3v) is 5.87. The number of ether oxygens (including phenoxy) is 2. The van der Waals surface area contributed by atoms with Crippen LogP contribution in [0.2, 0.25) is 0 Å². The van der Waals surface area contributed by atoms with E-state index >= 15 is 0 Å². The average Bonchev–Trinajstić information content (AvgIpc) is 2.91. The maximum Gasteiger partial charge on any atom is 0.270 e. The molecule has 0 fully saturated rings. The molecule has 4 aromatic rings. The fraction of sp³-hybridized carbons (Fsp3) is 0.129. The number of fused-ring (bicyclic) bond motifs is 1. The quantitative estimate of drug-likeness (QED) is 0.0754. The van der Waals surface area contributed by atoms with Crippen molar-refractivity contribution in [3.05, 3.63) is 124 Å². The maximum absolute atomic E-state index is 11.2. The first kappa shape index (κ1) is 25.2. The number of benzene rings is 4. The Kier molecular flexibility index (Phi) is 7.97. The first-order valence-corrected chi connectivity index (χ1v) is 11.9. The Labute approximate surface area is 215 Å². The van der Waals surface area contributed by atoms with Crippen LogP contribution in [0.15, 0.2) is 91.5 Å². The molecule has 0 saturated heterocycles. The normalized spacial score (nSPS) is 11.1. The van der Waals surface area contributed by atoms with Gasteiger partial charge in [-0.05, 0) is 59.0 Å². The van der Waals surface area contributed by atoms with Gasteiger partial charge in [-0.3, -0.25) is 10.1 Å². The fourth-order valence-corrected chi connectivity index (χ4v) is 4.20. The Balaban J connectivity index is 1.73. The van der Waals surface area contributed by atoms with E-state index in [2.05, 4.69) is 30.8 Å². The summed E-state index contributed by atoms with van der Waals surface area (Å²) < 4.78 is 12.3. The van der Waals surface area contributed by atoms with Crippen LogP contribution in [-0.2, 0) is 13.0 Å². The van der Waals surface area contributed by atoms with Crippen molar-refractivity contribution in [2.24, 2.45) is 0 Å². The van der Waals surface area contributed by atoms with Crippen molar-refractivity contribution < 1.29 is 14.4 Å². The zero-order chi connectivity index (χ0) is 26.2.